The van der Waals surface area contributed by atoms with E-state index in [0.29, 0.717) is 19.4 Å². The smallest absolute Gasteiger partial charge is 0.337 e. The van der Waals surface area contributed by atoms with E-state index in [2.05, 4.69) is 0 Å². The molecule has 13 heteroatoms. The average Bonchev–Trinajstić information content (AvgIpc) is 3.18. The Hall–Kier alpha value is -3.88. The molecule has 0 aliphatic heterocycles. The second-order valence-electron chi connectivity index (χ2n) is 19.0. The SMILES string of the molecule is CC(C)OCC(C)(COC(=O)C(C)(C)OCCC(C)(C)OCCC(C)(C)OC(C)(C)C(=O)OCC(C)(COC(C)C)C(=O)OCc1ccccc1)C(=O)OCc1ccccc1. The van der Waals surface area contributed by atoms with Crippen molar-refractivity contribution in [2.75, 3.05) is 39.6 Å². The van der Waals surface area contributed by atoms with Gasteiger partial charge in [0.05, 0.1) is 49.8 Å². The van der Waals surface area contributed by atoms with E-state index in [1.54, 1.807) is 41.5 Å². The summed E-state index contributed by atoms with van der Waals surface area (Å²) in [6.07, 6.45) is 0.582. The lowest BCUT2D eigenvalue weighted by Gasteiger charge is -2.36. The summed E-state index contributed by atoms with van der Waals surface area (Å²) in [6.45, 7) is 24.9. The molecule has 0 radical (unpaired) electrons. The molecule has 0 aliphatic rings. The number of hydrogen-bond acceptors (Lipinski definition) is 13. The van der Waals surface area contributed by atoms with Crippen LogP contribution < -0.4 is 0 Å². The largest absolute Gasteiger partial charge is 0.462 e. The molecule has 344 valence electrons. The summed E-state index contributed by atoms with van der Waals surface area (Å²) in [5.41, 5.74) is -4.94. The van der Waals surface area contributed by atoms with E-state index < -0.39 is 57.1 Å². The molecule has 2 atom stereocenters. The van der Waals surface area contributed by atoms with Crippen LogP contribution in [0.3, 0.4) is 0 Å². The third kappa shape index (κ3) is 19.4. The van der Waals surface area contributed by atoms with Crippen LogP contribution in [0.5, 0.6) is 0 Å². The first-order valence-corrected chi connectivity index (χ1v) is 21.2. The fourth-order valence-electron chi connectivity index (χ4n) is 5.65. The summed E-state index contributed by atoms with van der Waals surface area (Å²) in [4.78, 5) is 53.2. The summed E-state index contributed by atoms with van der Waals surface area (Å²) in [5, 5.41) is 0. The van der Waals surface area contributed by atoms with E-state index in [1.807, 2.05) is 116 Å². The van der Waals surface area contributed by atoms with Crippen LogP contribution in [0.2, 0.25) is 0 Å². The maximum atomic E-state index is 13.4. The number of hydrogen-bond donors (Lipinski definition) is 0. The molecule has 0 amide bonds. The molecule has 13 nitrogen and oxygen atoms in total. The normalized spacial score (nSPS) is 14.6. The van der Waals surface area contributed by atoms with E-state index >= 15 is 0 Å². The zero-order chi connectivity index (χ0) is 46.1. The predicted octanol–water partition coefficient (Wildman–Crippen LogP) is 8.37. The van der Waals surface area contributed by atoms with Crippen molar-refractivity contribution >= 4 is 23.9 Å². The molecule has 0 aliphatic carbocycles. The number of rotatable bonds is 28. The van der Waals surface area contributed by atoms with Crippen LogP contribution in [-0.2, 0) is 75.0 Å². The molecule has 2 aromatic rings. The van der Waals surface area contributed by atoms with Crippen molar-refractivity contribution in [1.82, 2.24) is 0 Å². The van der Waals surface area contributed by atoms with Crippen LogP contribution >= 0.6 is 0 Å². The van der Waals surface area contributed by atoms with Gasteiger partial charge in [-0.05, 0) is 121 Å². The molecule has 0 saturated heterocycles. The van der Waals surface area contributed by atoms with Gasteiger partial charge in [0.25, 0.3) is 0 Å². The minimum Gasteiger partial charge on any atom is -0.462 e. The van der Waals surface area contributed by atoms with Gasteiger partial charge in [-0.25, -0.2) is 9.59 Å². The lowest BCUT2D eigenvalue weighted by atomic mass is 9.92. The predicted molar refractivity (Wildman–Crippen MR) is 231 cm³/mol. The van der Waals surface area contributed by atoms with Crippen LogP contribution in [-0.4, -0.2) is 98.1 Å². The molecule has 0 fully saturated rings. The van der Waals surface area contributed by atoms with E-state index in [-0.39, 0.29) is 58.5 Å². The van der Waals surface area contributed by atoms with Gasteiger partial charge in [0, 0.05) is 0 Å². The average molecular weight is 859 g/mol. The molecule has 0 spiro atoms. The standard InChI is InChI=1S/C48H74O13/c1-35(2)55-31-47(13,41(51)53-29-37-21-17-15-18-22-37)33-57-39(49)45(9,10)60-28-25-43(5,6)59-27-26-44(7,8)61-46(11,12)40(50)58-34-48(14,32-56-36(3)4)42(52)54-30-38-23-19-16-20-24-38/h15-24,35-36H,25-34H2,1-14H3. The van der Waals surface area contributed by atoms with Crippen molar-refractivity contribution in [3.63, 3.8) is 0 Å². The Balaban J connectivity index is 1.88. The molecule has 61 heavy (non-hydrogen) atoms. The Morgan fingerprint density at radius 2 is 0.836 bits per heavy atom. The van der Waals surface area contributed by atoms with Gasteiger partial charge in [0.2, 0.25) is 0 Å². The van der Waals surface area contributed by atoms with Crippen molar-refractivity contribution < 1.29 is 61.8 Å². The molecule has 0 N–H and O–H groups in total. The van der Waals surface area contributed by atoms with Crippen molar-refractivity contribution in [2.24, 2.45) is 10.8 Å². The van der Waals surface area contributed by atoms with Gasteiger partial charge in [-0.1, -0.05) is 60.7 Å². The molecule has 2 unspecified atom stereocenters. The number of carbonyl (C=O) groups is 4. The quantitative estimate of drug-likeness (QED) is 0.0596. The summed E-state index contributed by atoms with van der Waals surface area (Å²) in [6, 6.07) is 18.7. The summed E-state index contributed by atoms with van der Waals surface area (Å²) in [7, 11) is 0. The minimum absolute atomic E-state index is 0.000103. The Bertz CT molecular complexity index is 1650. The maximum absolute atomic E-state index is 13.4. The van der Waals surface area contributed by atoms with Gasteiger partial charge >= 0.3 is 23.9 Å². The molecule has 2 rings (SSSR count). The first-order valence-electron chi connectivity index (χ1n) is 21.2. The van der Waals surface area contributed by atoms with Gasteiger partial charge < -0.3 is 42.6 Å². The van der Waals surface area contributed by atoms with Crippen molar-refractivity contribution in [1.29, 1.82) is 0 Å². The lowest BCUT2D eigenvalue weighted by molar-refractivity contribution is -0.195. The third-order valence-electron chi connectivity index (χ3n) is 9.80. The third-order valence-corrected chi connectivity index (χ3v) is 9.80. The monoisotopic (exact) mass is 859 g/mol. The summed E-state index contributed by atoms with van der Waals surface area (Å²) >= 11 is 0. The Kier molecular flexibility index (Phi) is 20.5. The fourth-order valence-corrected chi connectivity index (χ4v) is 5.65. The van der Waals surface area contributed by atoms with Gasteiger partial charge in [0.15, 0.2) is 11.2 Å². The van der Waals surface area contributed by atoms with Gasteiger partial charge in [-0.3, -0.25) is 9.59 Å². The topological polar surface area (TPSA) is 151 Å². The minimum atomic E-state index is -1.36. The highest BCUT2D eigenvalue weighted by atomic mass is 16.6. The van der Waals surface area contributed by atoms with E-state index in [4.69, 9.17) is 42.6 Å². The number of carbonyl (C=O) groups excluding carboxylic acids is 4. The van der Waals surface area contributed by atoms with Gasteiger partial charge in [-0.15, -0.1) is 0 Å². The number of esters is 4. The van der Waals surface area contributed by atoms with Crippen molar-refractivity contribution in [2.45, 2.75) is 158 Å². The Morgan fingerprint density at radius 3 is 1.25 bits per heavy atom. The zero-order valence-corrected chi connectivity index (χ0v) is 39.3. The van der Waals surface area contributed by atoms with Gasteiger partial charge in [-0.2, -0.15) is 0 Å². The van der Waals surface area contributed by atoms with E-state index in [0.717, 1.165) is 11.1 Å². The molecular weight excluding hydrogens is 785 g/mol. The summed E-state index contributed by atoms with van der Waals surface area (Å²) < 4.78 is 52.6. The first-order chi connectivity index (χ1) is 28.2. The van der Waals surface area contributed by atoms with Crippen molar-refractivity contribution in [3.05, 3.63) is 71.8 Å². The van der Waals surface area contributed by atoms with Crippen LogP contribution in [0.25, 0.3) is 0 Å². The van der Waals surface area contributed by atoms with Crippen LogP contribution in [0, 0.1) is 10.8 Å². The van der Waals surface area contributed by atoms with Crippen molar-refractivity contribution in [3.8, 4) is 0 Å². The molecule has 0 heterocycles. The van der Waals surface area contributed by atoms with Crippen LogP contribution in [0.15, 0.2) is 60.7 Å². The highest BCUT2D eigenvalue weighted by molar-refractivity contribution is 5.81. The molecule has 0 saturated carbocycles. The molecule has 0 aromatic heterocycles. The zero-order valence-electron chi connectivity index (χ0n) is 39.3. The Morgan fingerprint density at radius 1 is 0.459 bits per heavy atom. The number of benzene rings is 2. The molecule has 0 bridgehead atoms. The second-order valence-corrected chi connectivity index (χ2v) is 19.0. The molecule has 2 aromatic carbocycles. The fraction of sp³-hybridized carbons (Fsp3) is 0.667. The first kappa shape index (κ1) is 53.3. The maximum Gasteiger partial charge on any atom is 0.337 e. The van der Waals surface area contributed by atoms with E-state index in [1.165, 1.54) is 0 Å². The van der Waals surface area contributed by atoms with Crippen LogP contribution in [0.4, 0.5) is 0 Å². The van der Waals surface area contributed by atoms with E-state index in [9.17, 15) is 19.2 Å². The number of ether oxygens (including phenoxy) is 9. The van der Waals surface area contributed by atoms with Crippen LogP contribution in [0.1, 0.15) is 121 Å². The lowest BCUT2D eigenvalue weighted by Crippen LogP contribution is -2.47. The highest BCUT2D eigenvalue weighted by Gasteiger charge is 2.43. The van der Waals surface area contributed by atoms with Gasteiger partial charge in [0.1, 0.15) is 37.3 Å². The molecular formula is C48H74O13. The second kappa shape index (κ2) is 23.5. The summed E-state index contributed by atoms with van der Waals surface area (Å²) in [5.74, 6) is -2.34. The Labute approximate surface area is 364 Å². The highest BCUT2D eigenvalue weighted by Crippen LogP contribution is 2.29.